The number of fused-ring (bicyclic) bond motifs is 1. The summed E-state index contributed by atoms with van der Waals surface area (Å²) in [6.45, 7) is 6.32. The number of aromatic nitrogens is 1. The van der Waals surface area contributed by atoms with Gasteiger partial charge in [0.15, 0.2) is 0 Å². The standard InChI is InChI=1S/C24H28N4O2/c1-3-28(4-2)22-13-12-18(15-25-22)16-26-24(30)17-27-23(29)14-20-10-7-9-19-8-5-6-11-21(19)20/h5-13,15H,3-4,14,16-17H2,1-2H3,(H,26,30)(H,27,29). The summed E-state index contributed by atoms with van der Waals surface area (Å²) in [7, 11) is 0. The SMILES string of the molecule is CCN(CC)c1ccc(CNC(=O)CNC(=O)Cc2cccc3ccccc23)cn1. The summed E-state index contributed by atoms with van der Waals surface area (Å²) < 4.78 is 0. The summed E-state index contributed by atoms with van der Waals surface area (Å²) in [4.78, 5) is 31.0. The zero-order valence-electron chi connectivity index (χ0n) is 17.5. The van der Waals surface area contributed by atoms with Crippen molar-refractivity contribution in [3.63, 3.8) is 0 Å². The maximum Gasteiger partial charge on any atom is 0.239 e. The van der Waals surface area contributed by atoms with Gasteiger partial charge < -0.3 is 15.5 Å². The van der Waals surface area contributed by atoms with Gasteiger partial charge in [-0.1, -0.05) is 48.5 Å². The molecule has 0 aliphatic rings. The average molecular weight is 405 g/mol. The number of hydrogen-bond acceptors (Lipinski definition) is 4. The quantitative estimate of drug-likeness (QED) is 0.575. The number of nitrogens with zero attached hydrogens (tertiary/aromatic N) is 2. The molecule has 0 aliphatic heterocycles. The molecule has 0 saturated heterocycles. The average Bonchev–Trinajstić information content (AvgIpc) is 2.78. The number of hydrogen-bond donors (Lipinski definition) is 2. The van der Waals surface area contributed by atoms with Gasteiger partial charge in [-0.3, -0.25) is 9.59 Å². The Balaban J connectivity index is 1.46. The van der Waals surface area contributed by atoms with Gasteiger partial charge >= 0.3 is 0 Å². The van der Waals surface area contributed by atoms with Gasteiger partial charge in [0.25, 0.3) is 0 Å². The Kier molecular flexibility index (Phi) is 7.38. The molecule has 0 fully saturated rings. The van der Waals surface area contributed by atoms with E-state index < -0.39 is 0 Å². The first-order valence-corrected chi connectivity index (χ1v) is 10.3. The molecule has 2 amide bonds. The number of pyridine rings is 1. The van der Waals surface area contributed by atoms with Crippen LogP contribution in [0.5, 0.6) is 0 Å². The van der Waals surface area contributed by atoms with Crippen molar-refractivity contribution >= 4 is 28.4 Å². The Morgan fingerprint density at radius 1 is 0.900 bits per heavy atom. The van der Waals surface area contributed by atoms with E-state index in [1.807, 2.05) is 54.6 Å². The summed E-state index contributed by atoms with van der Waals surface area (Å²) in [5.74, 6) is 0.525. The molecule has 2 N–H and O–H groups in total. The van der Waals surface area contributed by atoms with E-state index in [-0.39, 0.29) is 24.8 Å². The van der Waals surface area contributed by atoms with Crippen LogP contribution in [0.15, 0.2) is 60.8 Å². The van der Waals surface area contributed by atoms with E-state index in [0.29, 0.717) is 6.54 Å². The van der Waals surface area contributed by atoms with Gasteiger partial charge in [0, 0.05) is 25.8 Å². The topological polar surface area (TPSA) is 74.3 Å². The monoisotopic (exact) mass is 404 g/mol. The van der Waals surface area contributed by atoms with Gasteiger partial charge in [-0.2, -0.15) is 0 Å². The number of carbonyl (C=O) groups excluding carboxylic acids is 2. The minimum Gasteiger partial charge on any atom is -0.357 e. The molecule has 0 unspecified atom stereocenters. The van der Waals surface area contributed by atoms with Crippen LogP contribution < -0.4 is 15.5 Å². The van der Waals surface area contributed by atoms with Gasteiger partial charge in [-0.05, 0) is 41.8 Å². The predicted molar refractivity (Wildman–Crippen MR) is 120 cm³/mol. The van der Waals surface area contributed by atoms with E-state index in [1.165, 1.54) is 0 Å². The number of amides is 2. The predicted octanol–water partition coefficient (Wildman–Crippen LogP) is 3.06. The molecule has 0 bridgehead atoms. The van der Waals surface area contributed by atoms with Gasteiger partial charge in [0.1, 0.15) is 5.82 Å². The molecule has 0 atom stereocenters. The van der Waals surface area contributed by atoms with Crippen LogP contribution in [-0.4, -0.2) is 36.4 Å². The Hall–Kier alpha value is -3.41. The number of rotatable bonds is 9. The number of carbonyl (C=O) groups is 2. The van der Waals surface area contributed by atoms with E-state index in [1.54, 1.807) is 6.20 Å². The minimum atomic E-state index is -0.228. The van der Waals surface area contributed by atoms with Crippen LogP contribution in [-0.2, 0) is 22.6 Å². The molecule has 0 saturated carbocycles. The number of benzene rings is 2. The third-order valence-electron chi connectivity index (χ3n) is 5.06. The largest absolute Gasteiger partial charge is 0.357 e. The molecular formula is C24H28N4O2. The minimum absolute atomic E-state index is 0.0471. The van der Waals surface area contributed by atoms with Crippen molar-refractivity contribution in [2.45, 2.75) is 26.8 Å². The molecule has 0 aliphatic carbocycles. The molecule has 6 heteroatoms. The van der Waals surface area contributed by atoms with Crippen molar-refractivity contribution in [3.8, 4) is 0 Å². The van der Waals surface area contributed by atoms with Crippen molar-refractivity contribution in [1.29, 1.82) is 0 Å². The maximum atomic E-state index is 12.3. The van der Waals surface area contributed by atoms with Gasteiger partial charge in [0.05, 0.1) is 13.0 Å². The second-order valence-electron chi connectivity index (χ2n) is 7.07. The van der Waals surface area contributed by atoms with E-state index >= 15 is 0 Å². The van der Waals surface area contributed by atoms with Crippen LogP contribution >= 0.6 is 0 Å². The second kappa shape index (κ2) is 10.4. The Labute approximate surface area is 177 Å². The van der Waals surface area contributed by atoms with E-state index in [2.05, 4.69) is 34.4 Å². The summed E-state index contributed by atoms with van der Waals surface area (Å²) in [5, 5.41) is 7.67. The highest BCUT2D eigenvalue weighted by atomic mass is 16.2. The fourth-order valence-corrected chi connectivity index (χ4v) is 3.38. The van der Waals surface area contributed by atoms with Crippen LogP contribution in [0.25, 0.3) is 10.8 Å². The van der Waals surface area contributed by atoms with Crippen LogP contribution in [0.2, 0.25) is 0 Å². The van der Waals surface area contributed by atoms with Crippen LogP contribution in [0.1, 0.15) is 25.0 Å². The third-order valence-corrected chi connectivity index (χ3v) is 5.06. The van der Waals surface area contributed by atoms with E-state index in [9.17, 15) is 9.59 Å². The molecule has 1 aromatic heterocycles. The molecule has 1 heterocycles. The Morgan fingerprint density at radius 3 is 2.40 bits per heavy atom. The molecule has 3 rings (SSSR count). The fraction of sp³-hybridized carbons (Fsp3) is 0.292. The highest BCUT2D eigenvalue weighted by Gasteiger charge is 2.09. The molecule has 30 heavy (non-hydrogen) atoms. The van der Waals surface area contributed by atoms with Crippen molar-refractivity contribution in [2.75, 3.05) is 24.5 Å². The molecule has 2 aromatic carbocycles. The Bertz CT molecular complexity index is 992. The molecular weight excluding hydrogens is 376 g/mol. The van der Waals surface area contributed by atoms with Gasteiger partial charge in [-0.25, -0.2) is 4.98 Å². The molecule has 3 aromatic rings. The maximum absolute atomic E-state index is 12.3. The normalized spacial score (nSPS) is 10.6. The van der Waals surface area contributed by atoms with Crippen molar-refractivity contribution in [3.05, 3.63) is 71.9 Å². The lowest BCUT2D eigenvalue weighted by atomic mass is 10.0. The number of anilines is 1. The highest BCUT2D eigenvalue weighted by molar-refractivity contribution is 5.91. The zero-order chi connectivity index (χ0) is 21.3. The summed E-state index contributed by atoms with van der Waals surface area (Å²) in [6.07, 6.45) is 2.01. The van der Waals surface area contributed by atoms with E-state index in [0.717, 1.165) is 40.8 Å². The van der Waals surface area contributed by atoms with Crippen LogP contribution in [0.4, 0.5) is 5.82 Å². The van der Waals surface area contributed by atoms with Crippen LogP contribution in [0, 0.1) is 0 Å². The van der Waals surface area contributed by atoms with Gasteiger partial charge in [0.2, 0.25) is 11.8 Å². The first kappa shape index (κ1) is 21.3. The third kappa shape index (κ3) is 5.56. The smallest absolute Gasteiger partial charge is 0.239 e. The van der Waals surface area contributed by atoms with Crippen molar-refractivity contribution < 1.29 is 9.59 Å². The number of nitrogens with one attached hydrogen (secondary N) is 2. The lowest BCUT2D eigenvalue weighted by Crippen LogP contribution is -2.37. The molecule has 6 nitrogen and oxygen atoms in total. The highest BCUT2D eigenvalue weighted by Crippen LogP contribution is 2.18. The van der Waals surface area contributed by atoms with Crippen molar-refractivity contribution in [2.24, 2.45) is 0 Å². The molecule has 156 valence electrons. The Morgan fingerprint density at radius 2 is 1.67 bits per heavy atom. The fourth-order valence-electron chi connectivity index (χ4n) is 3.38. The summed E-state index contributed by atoms with van der Waals surface area (Å²) in [6, 6.07) is 17.8. The van der Waals surface area contributed by atoms with Crippen molar-refractivity contribution in [1.82, 2.24) is 15.6 Å². The lowest BCUT2D eigenvalue weighted by Gasteiger charge is -2.19. The second-order valence-corrected chi connectivity index (χ2v) is 7.07. The lowest BCUT2D eigenvalue weighted by molar-refractivity contribution is -0.125. The molecule has 0 radical (unpaired) electrons. The summed E-state index contributed by atoms with van der Waals surface area (Å²) >= 11 is 0. The molecule has 0 spiro atoms. The first-order valence-electron chi connectivity index (χ1n) is 10.3. The van der Waals surface area contributed by atoms with Crippen LogP contribution in [0.3, 0.4) is 0 Å². The first-order chi connectivity index (χ1) is 14.6. The summed E-state index contributed by atoms with van der Waals surface area (Å²) in [5.41, 5.74) is 1.87. The van der Waals surface area contributed by atoms with E-state index in [4.69, 9.17) is 0 Å². The van der Waals surface area contributed by atoms with Gasteiger partial charge in [-0.15, -0.1) is 0 Å². The zero-order valence-corrected chi connectivity index (χ0v) is 17.5.